The number of hydrogen-bond acceptors (Lipinski definition) is 6. The first kappa shape index (κ1) is 20.6. The van der Waals surface area contributed by atoms with Crippen molar-refractivity contribution in [3.8, 4) is 11.5 Å². The molecule has 1 fully saturated rings. The van der Waals surface area contributed by atoms with Gasteiger partial charge in [0.25, 0.3) is 11.8 Å². The Morgan fingerprint density at radius 3 is 2.78 bits per heavy atom. The van der Waals surface area contributed by atoms with E-state index in [9.17, 15) is 4.79 Å². The molecule has 1 aliphatic rings. The second kappa shape index (κ2) is 8.35. The van der Waals surface area contributed by atoms with Crippen LogP contribution in [0.5, 0.6) is 0 Å². The van der Waals surface area contributed by atoms with Crippen LogP contribution in [0.25, 0.3) is 22.4 Å². The predicted octanol–water partition coefficient (Wildman–Crippen LogP) is 4.74. The van der Waals surface area contributed by atoms with Crippen LogP contribution in [0, 0.1) is 0 Å². The Labute approximate surface area is 190 Å². The van der Waals surface area contributed by atoms with Gasteiger partial charge in [-0.3, -0.25) is 9.48 Å². The molecule has 9 heteroatoms. The van der Waals surface area contributed by atoms with Gasteiger partial charge in [-0.1, -0.05) is 22.8 Å². The minimum absolute atomic E-state index is 0.140. The van der Waals surface area contributed by atoms with Crippen LogP contribution in [-0.4, -0.2) is 48.8 Å². The summed E-state index contributed by atoms with van der Waals surface area (Å²) < 4.78 is 7.57. The molecule has 3 aromatic heterocycles. The molecule has 1 amide bonds. The number of hydrogen-bond donors (Lipinski definition) is 0. The lowest BCUT2D eigenvalue weighted by atomic mass is 9.96. The number of amides is 1. The summed E-state index contributed by atoms with van der Waals surface area (Å²) in [5, 5.41) is 10.1. The molecule has 164 valence electrons. The largest absolute Gasteiger partial charge is 0.337 e. The molecule has 0 radical (unpaired) electrons. The van der Waals surface area contributed by atoms with Crippen LogP contribution in [0.1, 0.15) is 55.0 Å². The van der Waals surface area contributed by atoms with Gasteiger partial charge in [-0.15, -0.1) is 0 Å². The average Bonchev–Trinajstić information content (AvgIpc) is 3.46. The molecule has 0 saturated carbocycles. The molecule has 1 aromatic carbocycles. The Kier molecular flexibility index (Phi) is 5.38. The number of aromatic nitrogens is 5. The highest BCUT2D eigenvalue weighted by Crippen LogP contribution is 2.30. The van der Waals surface area contributed by atoms with E-state index in [0.29, 0.717) is 35.5 Å². The van der Waals surface area contributed by atoms with E-state index in [1.54, 1.807) is 23.2 Å². The molecular formula is C23H23ClN6O2. The maximum Gasteiger partial charge on any atom is 0.273 e. The molecule has 4 aromatic rings. The van der Waals surface area contributed by atoms with E-state index in [1.807, 2.05) is 29.1 Å². The molecule has 5 rings (SSSR count). The van der Waals surface area contributed by atoms with E-state index in [-0.39, 0.29) is 17.9 Å². The van der Waals surface area contributed by atoms with E-state index < -0.39 is 0 Å². The van der Waals surface area contributed by atoms with Crippen LogP contribution in [0.4, 0.5) is 0 Å². The molecule has 1 aliphatic heterocycles. The fourth-order valence-corrected chi connectivity index (χ4v) is 4.34. The van der Waals surface area contributed by atoms with Gasteiger partial charge >= 0.3 is 0 Å². The lowest BCUT2D eigenvalue weighted by molar-refractivity contribution is 0.0705. The van der Waals surface area contributed by atoms with Crippen molar-refractivity contribution in [1.82, 2.24) is 29.8 Å². The molecule has 8 nitrogen and oxygen atoms in total. The third-order valence-corrected chi connectivity index (χ3v) is 6.19. The van der Waals surface area contributed by atoms with Crippen molar-refractivity contribution in [2.75, 3.05) is 13.1 Å². The Hall–Kier alpha value is -3.26. The number of nitrogens with zero attached hydrogens (tertiary/aromatic N) is 6. The van der Waals surface area contributed by atoms with E-state index in [2.05, 4.69) is 34.1 Å². The summed E-state index contributed by atoms with van der Waals surface area (Å²) in [5.74, 6) is 1.18. The summed E-state index contributed by atoms with van der Waals surface area (Å²) in [6.45, 7) is 5.39. The second-order valence-electron chi connectivity index (χ2n) is 8.31. The standard InChI is InChI=1S/C23H23ClN6O2/c1-14(2)30-19-12-16(5-6-17(19)13-26-30)22-27-21(28-32-22)15-7-10-29(11-8-15)23(31)20-18(24)4-3-9-25-20/h3-6,9,12-15H,7-8,10-11H2,1-2H3. The van der Waals surface area contributed by atoms with Crippen LogP contribution in [0.2, 0.25) is 5.02 Å². The quantitative estimate of drug-likeness (QED) is 0.446. The third kappa shape index (κ3) is 3.75. The maximum absolute atomic E-state index is 12.7. The van der Waals surface area contributed by atoms with Crippen LogP contribution in [-0.2, 0) is 0 Å². The van der Waals surface area contributed by atoms with Crippen molar-refractivity contribution in [3.05, 3.63) is 59.3 Å². The molecule has 0 N–H and O–H groups in total. The molecule has 32 heavy (non-hydrogen) atoms. The number of benzene rings is 1. The van der Waals surface area contributed by atoms with Crippen molar-refractivity contribution in [3.63, 3.8) is 0 Å². The zero-order chi connectivity index (χ0) is 22.2. The molecule has 0 atom stereocenters. The van der Waals surface area contributed by atoms with Crippen LogP contribution in [0.3, 0.4) is 0 Å². The van der Waals surface area contributed by atoms with Crippen LogP contribution < -0.4 is 0 Å². The lowest BCUT2D eigenvalue weighted by Gasteiger charge is -2.30. The monoisotopic (exact) mass is 450 g/mol. The minimum atomic E-state index is -0.141. The van der Waals surface area contributed by atoms with Gasteiger partial charge in [0.05, 0.1) is 16.7 Å². The van der Waals surface area contributed by atoms with Gasteiger partial charge in [0.1, 0.15) is 5.69 Å². The topological polar surface area (TPSA) is 89.9 Å². The Morgan fingerprint density at radius 2 is 2.03 bits per heavy atom. The minimum Gasteiger partial charge on any atom is -0.337 e. The van der Waals surface area contributed by atoms with Crippen LogP contribution >= 0.6 is 11.6 Å². The fraction of sp³-hybridized carbons (Fsp3) is 0.348. The maximum atomic E-state index is 12.7. The zero-order valence-corrected chi connectivity index (χ0v) is 18.7. The fourth-order valence-electron chi connectivity index (χ4n) is 4.13. The number of piperidine rings is 1. The highest BCUT2D eigenvalue weighted by molar-refractivity contribution is 6.33. The third-order valence-electron chi connectivity index (χ3n) is 5.88. The summed E-state index contributed by atoms with van der Waals surface area (Å²) in [5.41, 5.74) is 2.21. The van der Waals surface area contributed by atoms with Gasteiger partial charge in [-0.05, 0) is 51.0 Å². The number of likely N-dealkylation sites (tertiary alicyclic amines) is 1. The number of carbonyl (C=O) groups is 1. The summed E-state index contributed by atoms with van der Waals surface area (Å²) in [6, 6.07) is 9.69. The van der Waals surface area contributed by atoms with Gasteiger partial charge in [0.2, 0.25) is 0 Å². The summed E-state index contributed by atoms with van der Waals surface area (Å²) in [7, 11) is 0. The van der Waals surface area contributed by atoms with Crippen LogP contribution in [0.15, 0.2) is 47.2 Å². The summed E-state index contributed by atoms with van der Waals surface area (Å²) >= 11 is 6.13. The van der Waals surface area contributed by atoms with Crippen molar-refractivity contribution in [2.24, 2.45) is 0 Å². The van der Waals surface area contributed by atoms with E-state index in [0.717, 1.165) is 29.3 Å². The van der Waals surface area contributed by atoms with E-state index in [4.69, 9.17) is 16.1 Å². The van der Waals surface area contributed by atoms with Gasteiger partial charge in [-0.2, -0.15) is 10.1 Å². The molecule has 1 saturated heterocycles. The Balaban J connectivity index is 1.30. The summed E-state index contributed by atoms with van der Waals surface area (Å²) in [6.07, 6.45) is 4.96. The van der Waals surface area contributed by atoms with E-state index in [1.165, 1.54) is 0 Å². The van der Waals surface area contributed by atoms with Gasteiger partial charge in [0.15, 0.2) is 5.82 Å². The molecular weight excluding hydrogens is 428 g/mol. The summed E-state index contributed by atoms with van der Waals surface area (Å²) in [4.78, 5) is 23.3. The van der Waals surface area contributed by atoms with Gasteiger partial charge in [0, 0.05) is 42.2 Å². The SMILES string of the molecule is CC(C)n1ncc2ccc(-c3nc(C4CCN(C(=O)c5ncccc5Cl)CC4)no3)cc21. The number of fused-ring (bicyclic) bond motifs is 1. The highest BCUT2D eigenvalue weighted by Gasteiger charge is 2.29. The molecule has 0 bridgehead atoms. The number of halogens is 1. The van der Waals surface area contributed by atoms with Gasteiger partial charge < -0.3 is 9.42 Å². The van der Waals surface area contributed by atoms with E-state index >= 15 is 0 Å². The number of rotatable bonds is 4. The Bertz CT molecular complexity index is 1270. The van der Waals surface area contributed by atoms with Crippen molar-refractivity contribution in [1.29, 1.82) is 0 Å². The van der Waals surface area contributed by atoms with Crippen molar-refractivity contribution < 1.29 is 9.32 Å². The first-order chi connectivity index (χ1) is 15.5. The van der Waals surface area contributed by atoms with Gasteiger partial charge in [-0.25, -0.2) is 4.98 Å². The first-order valence-electron chi connectivity index (χ1n) is 10.7. The Morgan fingerprint density at radius 1 is 1.22 bits per heavy atom. The van der Waals surface area contributed by atoms with Crippen molar-refractivity contribution >= 4 is 28.4 Å². The predicted molar refractivity (Wildman–Crippen MR) is 121 cm³/mol. The van der Waals surface area contributed by atoms with Crippen molar-refractivity contribution in [2.45, 2.75) is 38.6 Å². The smallest absolute Gasteiger partial charge is 0.273 e. The second-order valence-corrected chi connectivity index (χ2v) is 8.72. The molecule has 4 heterocycles. The molecule has 0 unspecified atom stereocenters. The average molecular weight is 451 g/mol. The molecule has 0 aliphatic carbocycles. The number of pyridine rings is 1. The normalized spacial score (nSPS) is 15.1. The zero-order valence-electron chi connectivity index (χ0n) is 17.9. The highest BCUT2D eigenvalue weighted by atomic mass is 35.5. The molecule has 0 spiro atoms. The first-order valence-corrected chi connectivity index (χ1v) is 11.1. The number of carbonyl (C=O) groups excluding carboxylic acids is 1. The lowest BCUT2D eigenvalue weighted by Crippen LogP contribution is -2.38.